The number of hydrogen-bond acceptors (Lipinski definition) is 7. The fourth-order valence-corrected chi connectivity index (χ4v) is 6.67. The van der Waals surface area contributed by atoms with Crippen LogP contribution >= 0.6 is 34.5 Å². The molecule has 0 fully saturated rings. The quantitative estimate of drug-likeness (QED) is 0.142. The molecule has 0 bridgehead atoms. The topological polar surface area (TPSA) is 79.1 Å². The lowest BCUT2D eigenvalue weighted by atomic mass is 9.93. The molecule has 0 aliphatic carbocycles. The van der Waals surface area contributed by atoms with Gasteiger partial charge in [0.25, 0.3) is 5.56 Å². The molecular formula is C37H29Cl2FN2O5S. The van der Waals surface area contributed by atoms with E-state index in [1.165, 1.54) is 28.0 Å². The maximum Gasteiger partial charge on any atom is 0.338 e. The number of carbonyl (C=O) groups excluding carboxylic acids is 1. The summed E-state index contributed by atoms with van der Waals surface area (Å²) in [5, 5.41) is 0.897. The Morgan fingerprint density at radius 3 is 2.40 bits per heavy atom. The van der Waals surface area contributed by atoms with Crippen molar-refractivity contribution in [2.24, 2.45) is 4.99 Å². The Morgan fingerprint density at radius 1 is 0.917 bits per heavy atom. The summed E-state index contributed by atoms with van der Waals surface area (Å²) in [7, 11) is 0. The molecule has 0 spiro atoms. The van der Waals surface area contributed by atoms with Crippen molar-refractivity contribution in [3.05, 3.63) is 154 Å². The van der Waals surface area contributed by atoms with Crippen molar-refractivity contribution in [3.8, 4) is 11.5 Å². The number of rotatable bonds is 10. The van der Waals surface area contributed by atoms with Crippen LogP contribution in [0.5, 0.6) is 11.5 Å². The monoisotopic (exact) mass is 702 g/mol. The molecule has 0 N–H and O–H groups in total. The van der Waals surface area contributed by atoms with Gasteiger partial charge in [0.05, 0.1) is 45.1 Å². The molecule has 2 heterocycles. The van der Waals surface area contributed by atoms with E-state index in [1.54, 1.807) is 49.4 Å². The van der Waals surface area contributed by atoms with E-state index in [2.05, 4.69) is 0 Å². The van der Waals surface area contributed by atoms with Crippen molar-refractivity contribution in [1.29, 1.82) is 0 Å². The summed E-state index contributed by atoms with van der Waals surface area (Å²) in [6.07, 6.45) is 1.74. The Kier molecular flexibility index (Phi) is 10.1. The molecule has 244 valence electrons. The van der Waals surface area contributed by atoms with Gasteiger partial charge in [-0.1, -0.05) is 89.1 Å². The third-order valence-electron chi connectivity index (χ3n) is 7.50. The Balaban J connectivity index is 1.46. The third-order valence-corrected chi connectivity index (χ3v) is 9.23. The molecule has 0 unspecified atom stereocenters. The van der Waals surface area contributed by atoms with Crippen molar-refractivity contribution in [1.82, 2.24) is 4.57 Å². The van der Waals surface area contributed by atoms with Crippen molar-refractivity contribution in [2.45, 2.75) is 26.5 Å². The predicted octanol–water partition coefficient (Wildman–Crippen LogP) is 7.36. The number of halogens is 3. The number of thiazole rings is 1. The summed E-state index contributed by atoms with van der Waals surface area (Å²) in [6, 6.07) is 24.7. The van der Waals surface area contributed by atoms with Crippen LogP contribution in [0, 0.1) is 5.82 Å². The molecule has 5 aromatic rings. The fourth-order valence-electron chi connectivity index (χ4n) is 5.34. The van der Waals surface area contributed by atoms with E-state index >= 15 is 0 Å². The van der Waals surface area contributed by atoms with E-state index in [0.29, 0.717) is 59.9 Å². The molecule has 0 saturated carbocycles. The molecule has 0 saturated heterocycles. The lowest BCUT2D eigenvalue weighted by molar-refractivity contribution is -0.138. The molecule has 11 heteroatoms. The lowest BCUT2D eigenvalue weighted by Crippen LogP contribution is -2.40. The van der Waals surface area contributed by atoms with Gasteiger partial charge in [0.2, 0.25) is 0 Å². The number of aromatic nitrogens is 1. The number of ether oxygens (including phenoxy) is 3. The first kappa shape index (κ1) is 33.2. The molecule has 1 atom stereocenters. The smallest absolute Gasteiger partial charge is 0.338 e. The summed E-state index contributed by atoms with van der Waals surface area (Å²) in [5.74, 6) is -0.0317. The normalized spacial score (nSPS) is 14.4. The average molecular weight is 704 g/mol. The van der Waals surface area contributed by atoms with Crippen molar-refractivity contribution in [2.75, 3.05) is 13.2 Å². The van der Waals surface area contributed by atoms with E-state index in [1.807, 2.05) is 49.4 Å². The zero-order valence-electron chi connectivity index (χ0n) is 25.9. The van der Waals surface area contributed by atoms with Gasteiger partial charge in [-0.15, -0.1) is 0 Å². The standard InChI is InChI=1S/C37H29Cl2FN2O5S/c1-3-45-30-19-22(11-17-29(30)47-21-23-10-16-27(38)28(39)18-23)20-31-35(43)42-34(25-12-14-26(40)15-13-25)32(36(44)46-4-2)33(41-37(42)48-31)24-8-6-5-7-9-24/h5-20,34H,3-4,21H2,1-2H3/b31-20-/t34-/m1/s1. The first-order valence-corrected chi connectivity index (χ1v) is 16.7. The molecule has 0 radical (unpaired) electrons. The number of benzene rings is 4. The zero-order chi connectivity index (χ0) is 33.8. The second-order valence-corrected chi connectivity index (χ2v) is 12.5. The molecule has 7 nitrogen and oxygen atoms in total. The van der Waals surface area contributed by atoms with Crippen LogP contribution in [0.2, 0.25) is 10.0 Å². The highest BCUT2D eigenvalue weighted by Gasteiger charge is 2.35. The number of hydrogen-bond donors (Lipinski definition) is 0. The van der Waals surface area contributed by atoms with Crippen molar-refractivity contribution in [3.63, 3.8) is 0 Å². The van der Waals surface area contributed by atoms with E-state index in [9.17, 15) is 14.0 Å². The Hall–Kier alpha value is -4.70. The van der Waals surface area contributed by atoms with E-state index in [4.69, 9.17) is 42.4 Å². The number of esters is 1. The first-order chi connectivity index (χ1) is 23.3. The van der Waals surface area contributed by atoms with Crippen LogP contribution in [-0.4, -0.2) is 23.8 Å². The second kappa shape index (κ2) is 14.6. The van der Waals surface area contributed by atoms with Crippen LogP contribution in [0.25, 0.3) is 11.8 Å². The average Bonchev–Trinajstić information content (AvgIpc) is 3.40. The van der Waals surface area contributed by atoms with Crippen molar-refractivity contribution < 1.29 is 23.4 Å². The highest BCUT2D eigenvalue weighted by Crippen LogP contribution is 2.35. The summed E-state index contributed by atoms with van der Waals surface area (Å²) in [6.45, 7) is 4.34. The minimum Gasteiger partial charge on any atom is -0.490 e. The number of fused-ring (bicyclic) bond motifs is 1. The molecule has 4 aromatic carbocycles. The van der Waals surface area contributed by atoms with Crippen LogP contribution in [0.4, 0.5) is 4.39 Å². The zero-order valence-corrected chi connectivity index (χ0v) is 28.2. The Bertz CT molecular complexity index is 2200. The highest BCUT2D eigenvalue weighted by atomic mass is 35.5. The highest BCUT2D eigenvalue weighted by molar-refractivity contribution is 7.07. The molecule has 1 aliphatic heterocycles. The van der Waals surface area contributed by atoms with Gasteiger partial charge in [-0.25, -0.2) is 14.2 Å². The summed E-state index contributed by atoms with van der Waals surface area (Å²) in [5.41, 5.74) is 2.97. The SMILES string of the molecule is CCOC(=O)C1=C(c2ccccc2)N=c2s/c(=C\c3ccc(OCc4ccc(Cl)c(Cl)c4)c(OCC)c3)c(=O)n2[C@@H]1c1ccc(F)cc1. The molecular weight excluding hydrogens is 674 g/mol. The van der Waals surface area contributed by atoms with Gasteiger partial charge in [0.1, 0.15) is 12.4 Å². The summed E-state index contributed by atoms with van der Waals surface area (Å²) in [4.78, 5) is 33.0. The first-order valence-electron chi connectivity index (χ1n) is 15.1. The van der Waals surface area contributed by atoms with Crippen LogP contribution in [0.1, 0.15) is 42.1 Å². The maximum absolute atomic E-state index is 14.2. The summed E-state index contributed by atoms with van der Waals surface area (Å²) >= 11 is 13.4. The minimum atomic E-state index is -0.908. The van der Waals surface area contributed by atoms with Gasteiger partial charge in [0, 0.05) is 5.56 Å². The molecule has 0 amide bonds. The van der Waals surface area contributed by atoms with Gasteiger partial charge in [-0.05, 0) is 73.0 Å². The Labute approximate surface area is 289 Å². The molecule has 1 aromatic heterocycles. The van der Waals surface area contributed by atoms with E-state index in [0.717, 1.165) is 5.56 Å². The summed E-state index contributed by atoms with van der Waals surface area (Å²) < 4.78 is 33.3. The maximum atomic E-state index is 14.2. The minimum absolute atomic E-state index is 0.125. The second-order valence-electron chi connectivity index (χ2n) is 10.7. The van der Waals surface area contributed by atoms with Crippen LogP contribution in [0.15, 0.2) is 106 Å². The third kappa shape index (κ3) is 6.94. The van der Waals surface area contributed by atoms with Crippen LogP contribution < -0.4 is 24.4 Å². The molecule has 48 heavy (non-hydrogen) atoms. The van der Waals surface area contributed by atoms with E-state index < -0.39 is 17.8 Å². The fraction of sp³-hybridized carbons (Fsp3) is 0.162. The van der Waals surface area contributed by atoms with Gasteiger partial charge in [0.15, 0.2) is 16.3 Å². The van der Waals surface area contributed by atoms with Crippen molar-refractivity contribution >= 4 is 52.3 Å². The molecule has 1 aliphatic rings. The number of nitrogens with zero attached hydrogens (tertiary/aromatic N) is 2. The van der Waals surface area contributed by atoms with Crippen LogP contribution in [0.3, 0.4) is 0 Å². The number of carbonyl (C=O) groups is 1. The van der Waals surface area contributed by atoms with E-state index in [-0.39, 0.29) is 24.3 Å². The predicted molar refractivity (Wildman–Crippen MR) is 186 cm³/mol. The van der Waals surface area contributed by atoms with Crippen LogP contribution in [-0.2, 0) is 16.1 Å². The van der Waals surface area contributed by atoms with Gasteiger partial charge in [-0.2, -0.15) is 0 Å². The lowest BCUT2D eigenvalue weighted by Gasteiger charge is -2.25. The van der Waals surface area contributed by atoms with Gasteiger partial charge >= 0.3 is 5.97 Å². The van der Waals surface area contributed by atoms with Gasteiger partial charge in [-0.3, -0.25) is 9.36 Å². The Morgan fingerprint density at radius 2 is 1.69 bits per heavy atom. The molecule has 6 rings (SSSR count). The van der Waals surface area contributed by atoms with Gasteiger partial charge < -0.3 is 14.2 Å². The largest absolute Gasteiger partial charge is 0.490 e.